The van der Waals surface area contributed by atoms with Gasteiger partial charge in [0.25, 0.3) is 5.69 Å². The van der Waals surface area contributed by atoms with Gasteiger partial charge in [0.05, 0.1) is 11.0 Å². The fraction of sp³-hybridized carbons (Fsp3) is 0.538. The number of nitrogens with zero attached hydrogens (tertiary/aromatic N) is 1. The lowest BCUT2D eigenvalue weighted by Gasteiger charge is -2.17. The molecule has 0 amide bonds. The van der Waals surface area contributed by atoms with Crippen LogP contribution in [0.25, 0.3) is 0 Å². The molecule has 1 aromatic carbocycles. The van der Waals surface area contributed by atoms with Crippen molar-refractivity contribution in [2.24, 2.45) is 0 Å². The van der Waals surface area contributed by atoms with Crippen molar-refractivity contribution in [2.45, 2.75) is 44.9 Å². The van der Waals surface area contributed by atoms with Crippen LogP contribution in [0.3, 0.4) is 0 Å². The molecular formula is C13H18N2O3. The van der Waals surface area contributed by atoms with Crippen LogP contribution in [-0.2, 0) is 6.54 Å². The highest BCUT2D eigenvalue weighted by atomic mass is 16.6. The van der Waals surface area contributed by atoms with E-state index in [4.69, 9.17) is 0 Å². The van der Waals surface area contributed by atoms with E-state index in [1.54, 1.807) is 13.0 Å². The Hall–Kier alpha value is -1.46. The normalized spacial score (nSPS) is 23.2. The molecule has 0 bridgehead atoms. The standard InChI is InChI=1S/C13H18N2O3/c1-9-10(4-2-6-12(9)15(17)18)8-14-11-5-3-7-13(11)16/h2,4,6,11,13-14,16H,3,5,7-8H2,1H3. The Morgan fingerprint density at radius 2 is 2.28 bits per heavy atom. The molecule has 1 aliphatic rings. The first kappa shape index (κ1) is 13.0. The summed E-state index contributed by atoms with van der Waals surface area (Å²) in [5, 5.41) is 23.8. The minimum atomic E-state index is -0.358. The predicted octanol–water partition coefficient (Wildman–Crippen LogP) is 1.91. The minimum absolute atomic E-state index is 0.115. The SMILES string of the molecule is Cc1c(CNC2CCCC2O)cccc1[N+](=O)[O-]. The van der Waals surface area contributed by atoms with Crippen LogP contribution in [-0.4, -0.2) is 22.2 Å². The molecule has 0 aliphatic heterocycles. The molecule has 2 N–H and O–H groups in total. The first-order valence-electron chi connectivity index (χ1n) is 6.24. The minimum Gasteiger partial charge on any atom is -0.392 e. The maximum absolute atomic E-state index is 10.8. The van der Waals surface area contributed by atoms with Crippen molar-refractivity contribution in [2.75, 3.05) is 0 Å². The highest BCUT2D eigenvalue weighted by Gasteiger charge is 2.24. The molecule has 1 fully saturated rings. The van der Waals surface area contributed by atoms with Gasteiger partial charge in [-0.2, -0.15) is 0 Å². The van der Waals surface area contributed by atoms with E-state index >= 15 is 0 Å². The Labute approximate surface area is 106 Å². The van der Waals surface area contributed by atoms with E-state index in [2.05, 4.69) is 5.32 Å². The van der Waals surface area contributed by atoms with Crippen molar-refractivity contribution < 1.29 is 10.0 Å². The molecule has 0 heterocycles. The zero-order valence-electron chi connectivity index (χ0n) is 10.4. The Morgan fingerprint density at radius 3 is 2.89 bits per heavy atom. The molecule has 98 valence electrons. The summed E-state index contributed by atoms with van der Waals surface area (Å²) in [6, 6.07) is 5.22. The lowest BCUT2D eigenvalue weighted by Crippen LogP contribution is -2.35. The number of hydrogen-bond donors (Lipinski definition) is 2. The Kier molecular flexibility index (Phi) is 3.93. The van der Waals surface area contributed by atoms with E-state index in [1.165, 1.54) is 6.07 Å². The molecule has 0 radical (unpaired) electrons. The van der Waals surface area contributed by atoms with Gasteiger partial charge in [-0.25, -0.2) is 0 Å². The molecule has 0 saturated heterocycles. The summed E-state index contributed by atoms with van der Waals surface area (Å²) in [7, 11) is 0. The van der Waals surface area contributed by atoms with Gasteiger partial charge >= 0.3 is 0 Å². The Bertz CT molecular complexity index is 448. The maximum atomic E-state index is 10.8. The van der Waals surface area contributed by atoms with Crippen molar-refractivity contribution in [3.63, 3.8) is 0 Å². The van der Waals surface area contributed by atoms with Gasteiger partial charge in [-0.05, 0) is 31.7 Å². The van der Waals surface area contributed by atoms with Gasteiger partial charge in [0, 0.05) is 24.2 Å². The first-order valence-corrected chi connectivity index (χ1v) is 6.24. The van der Waals surface area contributed by atoms with Crippen LogP contribution < -0.4 is 5.32 Å². The molecular weight excluding hydrogens is 232 g/mol. The van der Waals surface area contributed by atoms with Gasteiger partial charge in [0.15, 0.2) is 0 Å². The Balaban J connectivity index is 2.05. The smallest absolute Gasteiger partial charge is 0.272 e. The third kappa shape index (κ3) is 2.68. The van der Waals surface area contributed by atoms with Gasteiger partial charge in [-0.15, -0.1) is 0 Å². The van der Waals surface area contributed by atoms with E-state index in [-0.39, 0.29) is 22.8 Å². The average Bonchev–Trinajstić information content (AvgIpc) is 2.73. The van der Waals surface area contributed by atoms with Gasteiger partial charge in [-0.3, -0.25) is 10.1 Å². The van der Waals surface area contributed by atoms with Crippen molar-refractivity contribution in [1.29, 1.82) is 0 Å². The Morgan fingerprint density at radius 1 is 1.50 bits per heavy atom. The van der Waals surface area contributed by atoms with Crippen LogP contribution in [0.2, 0.25) is 0 Å². The molecule has 18 heavy (non-hydrogen) atoms. The van der Waals surface area contributed by atoms with Crippen molar-refractivity contribution in [3.8, 4) is 0 Å². The van der Waals surface area contributed by atoms with Crippen LogP contribution >= 0.6 is 0 Å². The number of aliphatic hydroxyl groups excluding tert-OH is 1. The third-order valence-corrected chi connectivity index (χ3v) is 3.65. The second-order valence-electron chi connectivity index (χ2n) is 4.80. The summed E-state index contributed by atoms with van der Waals surface area (Å²) in [5.41, 5.74) is 1.77. The van der Waals surface area contributed by atoms with Crippen LogP contribution in [0.4, 0.5) is 5.69 Å². The zero-order valence-corrected chi connectivity index (χ0v) is 10.4. The summed E-state index contributed by atoms with van der Waals surface area (Å²) in [5.74, 6) is 0. The molecule has 1 aromatic rings. The highest BCUT2D eigenvalue weighted by Crippen LogP contribution is 2.23. The third-order valence-electron chi connectivity index (χ3n) is 3.65. The van der Waals surface area contributed by atoms with Crippen LogP contribution in [0.5, 0.6) is 0 Å². The number of rotatable bonds is 4. The summed E-state index contributed by atoms with van der Waals surface area (Å²) >= 11 is 0. The van der Waals surface area contributed by atoms with Crippen molar-refractivity contribution in [3.05, 3.63) is 39.4 Å². The molecule has 0 aromatic heterocycles. The van der Waals surface area contributed by atoms with Crippen LogP contribution in [0, 0.1) is 17.0 Å². The lowest BCUT2D eigenvalue weighted by atomic mass is 10.1. The molecule has 2 unspecified atom stereocenters. The van der Waals surface area contributed by atoms with E-state index in [9.17, 15) is 15.2 Å². The second kappa shape index (κ2) is 5.46. The molecule has 5 heteroatoms. The molecule has 1 aliphatic carbocycles. The quantitative estimate of drug-likeness (QED) is 0.632. The number of aliphatic hydroxyl groups is 1. The van der Waals surface area contributed by atoms with E-state index in [0.717, 1.165) is 24.8 Å². The first-order chi connectivity index (χ1) is 8.59. The number of benzene rings is 1. The van der Waals surface area contributed by atoms with Gasteiger partial charge in [-0.1, -0.05) is 12.1 Å². The molecule has 2 atom stereocenters. The van der Waals surface area contributed by atoms with Gasteiger partial charge in [0.1, 0.15) is 0 Å². The van der Waals surface area contributed by atoms with Crippen molar-refractivity contribution in [1.82, 2.24) is 5.32 Å². The topological polar surface area (TPSA) is 75.4 Å². The summed E-state index contributed by atoms with van der Waals surface area (Å²) < 4.78 is 0. The summed E-state index contributed by atoms with van der Waals surface area (Å²) in [6.07, 6.45) is 2.55. The maximum Gasteiger partial charge on any atom is 0.272 e. The zero-order chi connectivity index (χ0) is 13.1. The average molecular weight is 250 g/mol. The van der Waals surface area contributed by atoms with Crippen LogP contribution in [0.15, 0.2) is 18.2 Å². The van der Waals surface area contributed by atoms with E-state index in [1.807, 2.05) is 6.07 Å². The van der Waals surface area contributed by atoms with E-state index in [0.29, 0.717) is 12.1 Å². The highest BCUT2D eigenvalue weighted by molar-refractivity contribution is 5.44. The molecule has 2 rings (SSSR count). The molecule has 1 saturated carbocycles. The predicted molar refractivity (Wildman–Crippen MR) is 68.3 cm³/mol. The fourth-order valence-electron chi connectivity index (χ4n) is 2.48. The van der Waals surface area contributed by atoms with Gasteiger partial charge < -0.3 is 10.4 Å². The second-order valence-corrected chi connectivity index (χ2v) is 4.80. The molecule has 5 nitrogen and oxygen atoms in total. The number of hydrogen-bond acceptors (Lipinski definition) is 4. The van der Waals surface area contributed by atoms with E-state index < -0.39 is 0 Å². The van der Waals surface area contributed by atoms with Crippen molar-refractivity contribution >= 4 is 5.69 Å². The summed E-state index contributed by atoms with van der Waals surface area (Å²) in [4.78, 5) is 10.5. The number of nitrogens with one attached hydrogen (secondary N) is 1. The van der Waals surface area contributed by atoms with Crippen LogP contribution in [0.1, 0.15) is 30.4 Å². The number of nitro benzene ring substituents is 1. The lowest BCUT2D eigenvalue weighted by molar-refractivity contribution is -0.385. The fourth-order valence-corrected chi connectivity index (χ4v) is 2.48. The molecule has 0 spiro atoms. The van der Waals surface area contributed by atoms with Gasteiger partial charge in [0.2, 0.25) is 0 Å². The monoisotopic (exact) mass is 250 g/mol. The largest absolute Gasteiger partial charge is 0.392 e. The summed E-state index contributed by atoms with van der Waals surface area (Å²) in [6.45, 7) is 2.33. The number of nitro groups is 1.